The molecule has 0 saturated carbocycles. The highest BCUT2D eigenvalue weighted by Gasteiger charge is 2.04. The van der Waals surface area contributed by atoms with Gasteiger partial charge in [0, 0.05) is 12.0 Å². The van der Waals surface area contributed by atoms with Gasteiger partial charge in [0.15, 0.2) is 0 Å². The second-order valence-electron chi connectivity index (χ2n) is 4.79. The van der Waals surface area contributed by atoms with Crippen LogP contribution in [0.1, 0.15) is 25.3 Å². The van der Waals surface area contributed by atoms with Gasteiger partial charge in [0.1, 0.15) is 0 Å². The van der Waals surface area contributed by atoms with Crippen LogP contribution in [0.15, 0.2) is 54.1 Å². The predicted octanol–water partition coefficient (Wildman–Crippen LogP) is 2.83. The molecule has 1 atom stereocenters. The Morgan fingerprint density at radius 3 is 2.75 bits per heavy atom. The number of hydrogen-bond donors (Lipinski definition) is 2. The summed E-state index contributed by atoms with van der Waals surface area (Å²) in [6.07, 6.45) is 3.65. The van der Waals surface area contributed by atoms with E-state index in [1.807, 2.05) is 31.2 Å². The van der Waals surface area contributed by atoms with Crippen LogP contribution in [-0.2, 0) is 6.42 Å². The van der Waals surface area contributed by atoms with Gasteiger partial charge in [-0.05, 0) is 43.5 Å². The van der Waals surface area contributed by atoms with Crippen molar-refractivity contribution in [3.05, 3.63) is 59.7 Å². The smallest absolute Gasteiger partial charge is 0.0762 e. The Balaban J connectivity index is 2.43. The molecule has 0 aromatic heterocycles. The van der Waals surface area contributed by atoms with Crippen LogP contribution in [0, 0.1) is 11.8 Å². The van der Waals surface area contributed by atoms with Gasteiger partial charge >= 0.3 is 0 Å². The van der Waals surface area contributed by atoms with Crippen molar-refractivity contribution in [1.82, 2.24) is 0 Å². The van der Waals surface area contributed by atoms with Crippen LogP contribution in [0.3, 0.4) is 0 Å². The maximum Gasteiger partial charge on any atom is 0.0762 e. The third-order valence-corrected chi connectivity index (χ3v) is 3.00. The Bertz CT molecular complexity index is 505. The van der Waals surface area contributed by atoms with Crippen LogP contribution >= 0.6 is 0 Å². The van der Waals surface area contributed by atoms with E-state index in [-0.39, 0.29) is 0 Å². The lowest BCUT2D eigenvalue weighted by Gasteiger charge is -2.08. The van der Waals surface area contributed by atoms with E-state index in [2.05, 4.69) is 30.6 Å². The first kappa shape index (κ1) is 16.2. The van der Waals surface area contributed by atoms with Crippen molar-refractivity contribution < 1.29 is 5.11 Å². The molecule has 1 aromatic carbocycles. The summed E-state index contributed by atoms with van der Waals surface area (Å²) >= 11 is 0. The molecule has 0 bridgehead atoms. The first-order valence-corrected chi connectivity index (χ1v) is 6.91. The molecule has 3 N–H and O–H groups in total. The molecule has 0 fully saturated rings. The number of aliphatic hydroxyl groups is 1. The lowest BCUT2D eigenvalue weighted by molar-refractivity contribution is 0.203. The summed E-state index contributed by atoms with van der Waals surface area (Å²) in [6, 6.07) is 10.3. The average Bonchev–Trinajstić information content (AvgIpc) is 2.45. The van der Waals surface area contributed by atoms with E-state index in [9.17, 15) is 5.11 Å². The summed E-state index contributed by atoms with van der Waals surface area (Å²) in [6.45, 7) is 6.24. The largest absolute Gasteiger partial charge is 0.389 e. The molecular formula is C18H23NO. The van der Waals surface area contributed by atoms with E-state index in [0.717, 1.165) is 24.0 Å². The zero-order valence-corrected chi connectivity index (χ0v) is 12.1. The third-order valence-electron chi connectivity index (χ3n) is 3.00. The van der Waals surface area contributed by atoms with Crippen LogP contribution in [0.2, 0.25) is 0 Å². The van der Waals surface area contributed by atoms with E-state index < -0.39 is 6.10 Å². The summed E-state index contributed by atoms with van der Waals surface area (Å²) in [7, 11) is 0. The van der Waals surface area contributed by atoms with Crippen LogP contribution < -0.4 is 5.73 Å². The molecule has 0 aliphatic heterocycles. The molecule has 1 aromatic rings. The minimum Gasteiger partial charge on any atom is -0.389 e. The Labute approximate surface area is 122 Å². The molecular weight excluding hydrogens is 246 g/mol. The van der Waals surface area contributed by atoms with E-state index in [1.54, 1.807) is 0 Å². The molecule has 0 amide bonds. The van der Waals surface area contributed by atoms with Gasteiger partial charge in [0.05, 0.1) is 6.10 Å². The van der Waals surface area contributed by atoms with E-state index in [0.29, 0.717) is 13.0 Å². The molecule has 0 heterocycles. The quantitative estimate of drug-likeness (QED) is 0.616. The second kappa shape index (κ2) is 9.14. The van der Waals surface area contributed by atoms with Gasteiger partial charge in [0.2, 0.25) is 0 Å². The molecule has 106 valence electrons. The fraction of sp³-hybridized carbons (Fsp3) is 0.333. The first-order valence-electron chi connectivity index (χ1n) is 6.91. The van der Waals surface area contributed by atoms with Gasteiger partial charge in [-0.1, -0.05) is 48.8 Å². The van der Waals surface area contributed by atoms with Gasteiger partial charge in [-0.25, -0.2) is 0 Å². The van der Waals surface area contributed by atoms with Crippen LogP contribution in [-0.4, -0.2) is 17.8 Å². The highest BCUT2D eigenvalue weighted by molar-refractivity contribution is 5.38. The first-order chi connectivity index (χ1) is 9.63. The van der Waals surface area contributed by atoms with Crippen LogP contribution in [0.5, 0.6) is 0 Å². The molecule has 1 rings (SSSR count). The van der Waals surface area contributed by atoms with Crippen LogP contribution in [0.25, 0.3) is 0 Å². The number of hydrogen-bond acceptors (Lipinski definition) is 2. The summed E-state index contributed by atoms with van der Waals surface area (Å²) < 4.78 is 0. The normalized spacial score (nSPS) is 12.4. The SMILES string of the molecule is C=C(C#CCCc1ccccc1)C=C(C)C(O)CCN. The fourth-order valence-electron chi connectivity index (χ4n) is 1.82. The number of nitrogens with two attached hydrogens (primary N) is 1. The Morgan fingerprint density at radius 1 is 1.40 bits per heavy atom. The lowest BCUT2D eigenvalue weighted by Crippen LogP contribution is -2.14. The zero-order chi connectivity index (χ0) is 14.8. The zero-order valence-electron chi connectivity index (χ0n) is 12.1. The summed E-state index contributed by atoms with van der Waals surface area (Å²) in [4.78, 5) is 0. The minimum absolute atomic E-state index is 0.474. The van der Waals surface area contributed by atoms with Crippen molar-refractivity contribution in [1.29, 1.82) is 0 Å². The fourth-order valence-corrected chi connectivity index (χ4v) is 1.82. The minimum atomic E-state index is -0.497. The molecule has 2 heteroatoms. The van der Waals surface area contributed by atoms with Gasteiger partial charge in [-0.15, -0.1) is 0 Å². The highest BCUT2D eigenvalue weighted by Crippen LogP contribution is 2.08. The van der Waals surface area contributed by atoms with Gasteiger partial charge < -0.3 is 10.8 Å². The van der Waals surface area contributed by atoms with Crippen molar-refractivity contribution in [2.45, 2.75) is 32.3 Å². The van der Waals surface area contributed by atoms with Gasteiger partial charge in [-0.2, -0.15) is 0 Å². The maximum absolute atomic E-state index is 9.75. The number of allylic oxidation sites excluding steroid dienone is 2. The molecule has 0 spiro atoms. The molecule has 0 aliphatic rings. The summed E-state index contributed by atoms with van der Waals surface area (Å²) in [5.74, 6) is 6.13. The van der Waals surface area contributed by atoms with Gasteiger partial charge in [-0.3, -0.25) is 0 Å². The number of benzene rings is 1. The monoisotopic (exact) mass is 269 g/mol. The number of aryl methyl sites for hydroxylation is 1. The van der Waals surface area contributed by atoms with Crippen molar-refractivity contribution in [2.75, 3.05) is 6.54 Å². The maximum atomic E-state index is 9.75. The number of rotatable bonds is 6. The molecule has 1 unspecified atom stereocenters. The van der Waals surface area contributed by atoms with E-state index in [1.165, 1.54) is 5.56 Å². The molecule has 20 heavy (non-hydrogen) atoms. The van der Waals surface area contributed by atoms with E-state index >= 15 is 0 Å². The summed E-state index contributed by atoms with van der Waals surface area (Å²) in [5, 5.41) is 9.75. The molecule has 0 saturated heterocycles. The predicted molar refractivity (Wildman–Crippen MR) is 85.1 cm³/mol. The van der Waals surface area contributed by atoms with Gasteiger partial charge in [0.25, 0.3) is 0 Å². The topological polar surface area (TPSA) is 46.2 Å². The third kappa shape index (κ3) is 6.38. The highest BCUT2D eigenvalue weighted by atomic mass is 16.3. The van der Waals surface area contributed by atoms with E-state index in [4.69, 9.17) is 5.73 Å². The second-order valence-corrected chi connectivity index (χ2v) is 4.79. The van der Waals surface area contributed by atoms with Crippen molar-refractivity contribution in [3.8, 4) is 11.8 Å². The molecule has 0 aliphatic carbocycles. The average molecular weight is 269 g/mol. The molecule has 2 nitrogen and oxygen atoms in total. The Hall–Kier alpha value is -1.82. The Kier molecular flexibility index (Phi) is 7.42. The van der Waals surface area contributed by atoms with Crippen LogP contribution in [0.4, 0.5) is 0 Å². The lowest BCUT2D eigenvalue weighted by atomic mass is 10.1. The molecule has 0 radical (unpaired) electrons. The summed E-state index contributed by atoms with van der Waals surface area (Å²) in [5.41, 5.74) is 8.29. The Morgan fingerprint density at radius 2 is 2.10 bits per heavy atom. The number of aliphatic hydroxyl groups excluding tert-OH is 1. The van der Waals surface area contributed by atoms with Crippen molar-refractivity contribution >= 4 is 0 Å². The van der Waals surface area contributed by atoms with Crippen molar-refractivity contribution in [2.24, 2.45) is 5.73 Å². The standard InChI is InChI=1S/C18H23NO/c1-15(14-16(2)18(20)12-13-19)8-6-7-11-17-9-4-3-5-10-17/h3-5,9-10,14,18,20H,1,7,11-13,19H2,2H3. The van der Waals surface area contributed by atoms with Crippen molar-refractivity contribution in [3.63, 3.8) is 0 Å².